The molecule has 10 heteroatoms. The second-order valence-electron chi connectivity index (χ2n) is 6.96. The first-order valence-electron chi connectivity index (χ1n) is 9.27. The highest BCUT2D eigenvalue weighted by atomic mass is 19.1. The van der Waals surface area contributed by atoms with Crippen LogP contribution in [0.5, 0.6) is 0 Å². The Balaban J connectivity index is 1.56. The van der Waals surface area contributed by atoms with E-state index < -0.39 is 6.17 Å². The largest absolute Gasteiger partial charge is 0.378 e. The van der Waals surface area contributed by atoms with Gasteiger partial charge in [-0.2, -0.15) is 14.6 Å². The first kappa shape index (κ1) is 16.4. The zero-order valence-corrected chi connectivity index (χ0v) is 14.8. The van der Waals surface area contributed by atoms with Crippen LogP contribution in [-0.2, 0) is 4.74 Å². The van der Waals surface area contributed by atoms with E-state index in [0.29, 0.717) is 24.6 Å². The van der Waals surface area contributed by atoms with Crippen molar-refractivity contribution in [1.82, 2.24) is 29.8 Å². The number of hydrogen-bond acceptors (Lipinski definition) is 7. The average Bonchev–Trinajstić information content (AvgIpc) is 3.44. The van der Waals surface area contributed by atoms with Crippen LogP contribution in [0.15, 0.2) is 18.7 Å². The Morgan fingerprint density at radius 2 is 2.19 bits per heavy atom. The van der Waals surface area contributed by atoms with Crippen LogP contribution in [0.4, 0.5) is 16.0 Å². The molecule has 0 saturated carbocycles. The lowest BCUT2D eigenvalue weighted by Crippen LogP contribution is -2.39. The zero-order valence-electron chi connectivity index (χ0n) is 14.8. The molecule has 27 heavy (non-hydrogen) atoms. The molecule has 5 rings (SSSR count). The van der Waals surface area contributed by atoms with Gasteiger partial charge in [0.1, 0.15) is 23.9 Å². The van der Waals surface area contributed by atoms with Gasteiger partial charge in [0.2, 0.25) is 5.95 Å². The van der Waals surface area contributed by atoms with E-state index in [1.54, 1.807) is 17.0 Å². The van der Waals surface area contributed by atoms with Gasteiger partial charge in [0.25, 0.3) is 0 Å². The zero-order chi connectivity index (χ0) is 18.2. The second kappa shape index (κ2) is 6.76. The fraction of sp³-hybridized carbons (Fsp3) is 0.529. The molecular formula is C17H21FN8O. The van der Waals surface area contributed by atoms with Crippen LogP contribution < -0.4 is 10.2 Å². The highest BCUT2D eigenvalue weighted by molar-refractivity contribution is 5.85. The minimum absolute atomic E-state index is 0.107. The highest BCUT2D eigenvalue weighted by Gasteiger charge is 2.28. The number of hydrogen-bond donors (Lipinski definition) is 2. The van der Waals surface area contributed by atoms with E-state index in [2.05, 4.69) is 35.5 Å². The van der Waals surface area contributed by atoms with Gasteiger partial charge < -0.3 is 15.0 Å². The van der Waals surface area contributed by atoms with Crippen molar-refractivity contribution < 1.29 is 9.13 Å². The van der Waals surface area contributed by atoms with E-state index in [9.17, 15) is 4.39 Å². The number of halogens is 1. The van der Waals surface area contributed by atoms with Crippen molar-refractivity contribution in [2.75, 3.05) is 36.5 Å². The molecule has 0 aliphatic carbocycles. The third-order valence-electron chi connectivity index (χ3n) is 5.16. The van der Waals surface area contributed by atoms with Gasteiger partial charge in [-0.3, -0.25) is 5.10 Å². The van der Waals surface area contributed by atoms with Crippen LogP contribution in [-0.4, -0.2) is 68.3 Å². The monoisotopic (exact) mass is 372 g/mol. The number of fused-ring (bicyclic) bond motifs is 1. The van der Waals surface area contributed by atoms with Crippen LogP contribution in [0.3, 0.4) is 0 Å². The Kier molecular flexibility index (Phi) is 4.12. The lowest BCUT2D eigenvalue weighted by molar-refractivity contribution is 0.0284. The van der Waals surface area contributed by atoms with E-state index in [0.717, 1.165) is 42.9 Å². The number of ether oxygens (including phenoxy) is 1. The molecule has 2 saturated heterocycles. The first-order valence-corrected chi connectivity index (χ1v) is 9.27. The number of H-pyrrole nitrogens is 1. The summed E-state index contributed by atoms with van der Waals surface area (Å²) in [5.74, 6) is 0.413. The van der Waals surface area contributed by atoms with Crippen LogP contribution in [0.1, 0.15) is 19.3 Å². The number of anilines is 2. The lowest BCUT2D eigenvalue weighted by atomic mass is 10.1. The van der Waals surface area contributed by atoms with Crippen molar-refractivity contribution >= 4 is 17.3 Å². The van der Waals surface area contributed by atoms with Crippen molar-refractivity contribution in [2.45, 2.75) is 31.5 Å². The summed E-state index contributed by atoms with van der Waals surface area (Å²) in [6.45, 7) is 2.55. The van der Waals surface area contributed by atoms with Gasteiger partial charge in [-0.1, -0.05) is 0 Å². The molecule has 9 nitrogen and oxygen atoms in total. The Labute approximate surface area is 154 Å². The fourth-order valence-electron chi connectivity index (χ4n) is 3.76. The molecule has 2 unspecified atom stereocenters. The number of alkyl halides is 1. The Hall–Kier alpha value is -2.75. The maximum atomic E-state index is 14.1. The summed E-state index contributed by atoms with van der Waals surface area (Å²) in [6, 6.07) is -0.340. The minimum atomic E-state index is -1.07. The van der Waals surface area contributed by atoms with Gasteiger partial charge in [0, 0.05) is 31.5 Å². The predicted molar refractivity (Wildman–Crippen MR) is 97.6 cm³/mol. The summed E-state index contributed by atoms with van der Waals surface area (Å²) in [5, 5.41) is 14.5. The van der Waals surface area contributed by atoms with Crippen molar-refractivity contribution in [3.63, 3.8) is 0 Å². The first-order chi connectivity index (χ1) is 13.3. The van der Waals surface area contributed by atoms with Gasteiger partial charge in [-0.25, -0.2) is 9.37 Å². The van der Waals surface area contributed by atoms with E-state index in [1.807, 2.05) is 6.20 Å². The average molecular weight is 372 g/mol. The van der Waals surface area contributed by atoms with Gasteiger partial charge in [-0.15, -0.1) is 5.10 Å². The van der Waals surface area contributed by atoms with Crippen molar-refractivity contribution in [2.24, 2.45) is 0 Å². The standard InChI is InChI=1S/C17H21FN8O/c18-12-9-27-6-3-13(12)22-17-23-16-15(25-4-1-2-5-25)14(11-7-20-21-8-11)19-10-26(16)24-17/h7-8,10,12-13H,1-6,9H2,(H,20,21)(H,22,24). The summed E-state index contributed by atoms with van der Waals surface area (Å²) in [5.41, 5.74) is 3.39. The molecule has 0 bridgehead atoms. The Morgan fingerprint density at radius 1 is 1.30 bits per heavy atom. The van der Waals surface area contributed by atoms with Crippen molar-refractivity contribution in [3.8, 4) is 11.3 Å². The van der Waals surface area contributed by atoms with Crippen LogP contribution in [0.2, 0.25) is 0 Å². The minimum Gasteiger partial charge on any atom is -0.378 e. The molecule has 2 fully saturated rings. The number of aromatic amines is 1. The Bertz CT molecular complexity index is 921. The third kappa shape index (κ3) is 2.99. The predicted octanol–water partition coefficient (Wildman–Crippen LogP) is 1.65. The van der Waals surface area contributed by atoms with Gasteiger partial charge in [0.05, 0.1) is 18.8 Å². The summed E-state index contributed by atoms with van der Waals surface area (Å²) in [4.78, 5) is 11.6. The van der Waals surface area contributed by atoms with Gasteiger partial charge in [-0.05, 0) is 19.3 Å². The number of nitrogens with zero attached hydrogens (tertiary/aromatic N) is 6. The number of rotatable bonds is 4. The quantitative estimate of drug-likeness (QED) is 0.719. The third-order valence-corrected chi connectivity index (χ3v) is 5.16. The van der Waals surface area contributed by atoms with Gasteiger partial charge >= 0.3 is 0 Å². The van der Waals surface area contributed by atoms with Crippen LogP contribution >= 0.6 is 0 Å². The topological polar surface area (TPSA) is 96.3 Å². The molecule has 2 N–H and O–H groups in total. The molecule has 2 aliphatic heterocycles. The molecule has 2 atom stereocenters. The number of nitrogens with one attached hydrogen (secondary N) is 2. The number of aromatic nitrogens is 6. The molecule has 0 spiro atoms. The molecule has 142 valence electrons. The van der Waals surface area contributed by atoms with Crippen molar-refractivity contribution in [1.29, 1.82) is 0 Å². The van der Waals surface area contributed by atoms with E-state index >= 15 is 0 Å². The molecular weight excluding hydrogens is 351 g/mol. The van der Waals surface area contributed by atoms with E-state index in [1.165, 1.54) is 0 Å². The molecule has 0 amide bonds. The summed E-state index contributed by atoms with van der Waals surface area (Å²) >= 11 is 0. The Morgan fingerprint density at radius 3 is 2.96 bits per heavy atom. The van der Waals surface area contributed by atoms with Crippen LogP contribution in [0.25, 0.3) is 16.9 Å². The second-order valence-corrected chi connectivity index (χ2v) is 6.96. The molecule has 5 heterocycles. The van der Waals surface area contributed by atoms with Crippen LogP contribution in [0, 0.1) is 0 Å². The maximum absolute atomic E-state index is 14.1. The lowest BCUT2D eigenvalue weighted by Gasteiger charge is -2.26. The summed E-state index contributed by atoms with van der Waals surface area (Å²) in [6.07, 6.45) is 7.02. The highest BCUT2D eigenvalue weighted by Crippen LogP contribution is 2.34. The molecule has 0 aromatic carbocycles. The summed E-state index contributed by atoms with van der Waals surface area (Å²) in [7, 11) is 0. The fourth-order valence-corrected chi connectivity index (χ4v) is 3.76. The van der Waals surface area contributed by atoms with Crippen molar-refractivity contribution in [3.05, 3.63) is 18.7 Å². The smallest absolute Gasteiger partial charge is 0.243 e. The van der Waals surface area contributed by atoms with E-state index in [4.69, 9.17) is 4.74 Å². The van der Waals surface area contributed by atoms with Gasteiger partial charge in [0.15, 0.2) is 5.65 Å². The summed E-state index contributed by atoms with van der Waals surface area (Å²) < 4.78 is 20.9. The molecule has 2 aliphatic rings. The van der Waals surface area contributed by atoms with E-state index in [-0.39, 0.29) is 12.6 Å². The normalized spacial score (nSPS) is 23.2. The SMILES string of the molecule is FC1COCCC1Nc1nc2c(N3CCCC3)c(-c3cn[nH]c3)ncn2n1. The molecule has 3 aromatic rings. The molecule has 3 aromatic heterocycles. The molecule has 0 radical (unpaired) electrons. The maximum Gasteiger partial charge on any atom is 0.243 e.